The van der Waals surface area contributed by atoms with E-state index < -0.39 is 5.92 Å². The number of fused-ring (bicyclic) bond motifs is 2. The standard InChI is InChI=1S/C18H15N3O3/c1-24-18(23)13-10-21(15-9-5-3-6-11(13)15)17(22)16-12-7-2-4-8-14(12)19-20-16/h2-9,13H,10H2,1H3,(H,19,20)/t13-/m0/s1. The Morgan fingerprint density at radius 1 is 1.17 bits per heavy atom. The average molecular weight is 321 g/mol. The maximum atomic E-state index is 13.0. The molecule has 24 heavy (non-hydrogen) atoms. The number of methoxy groups -OCH3 is 1. The molecule has 4 rings (SSSR count). The zero-order valence-corrected chi connectivity index (χ0v) is 13.0. The van der Waals surface area contributed by atoms with Gasteiger partial charge in [-0.2, -0.15) is 5.10 Å². The monoisotopic (exact) mass is 321 g/mol. The average Bonchev–Trinajstić information content (AvgIpc) is 3.22. The first-order chi connectivity index (χ1) is 11.7. The molecule has 1 N–H and O–H groups in total. The second-order valence-corrected chi connectivity index (χ2v) is 5.67. The van der Waals surface area contributed by atoms with Crippen molar-refractivity contribution in [3.63, 3.8) is 0 Å². The van der Waals surface area contributed by atoms with Crippen LogP contribution in [0.4, 0.5) is 5.69 Å². The van der Waals surface area contributed by atoms with Crippen LogP contribution >= 0.6 is 0 Å². The van der Waals surface area contributed by atoms with E-state index in [0.29, 0.717) is 5.69 Å². The lowest BCUT2D eigenvalue weighted by Gasteiger charge is -2.16. The first-order valence-electron chi connectivity index (χ1n) is 7.62. The van der Waals surface area contributed by atoms with Crippen LogP contribution in [0, 0.1) is 0 Å². The van der Waals surface area contributed by atoms with Crippen LogP contribution in [-0.2, 0) is 9.53 Å². The quantitative estimate of drug-likeness (QED) is 0.736. The zero-order valence-electron chi connectivity index (χ0n) is 13.0. The molecule has 6 nitrogen and oxygen atoms in total. The molecule has 0 unspecified atom stereocenters. The van der Waals surface area contributed by atoms with E-state index in [1.807, 2.05) is 48.5 Å². The van der Waals surface area contributed by atoms with Crippen LogP contribution in [0.25, 0.3) is 10.9 Å². The molecule has 0 fully saturated rings. The lowest BCUT2D eigenvalue weighted by Crippen LogP contribution is -2.31. The molecule has 0 saturated carbocycles. The third kappa shape index (κ3) is 2.07. The van der Waals surface area contributed by atoms with Gasteiger partial charge in [-0.1, -0.05) is 36.4 Å². The number of carbonyl (C=O) groups is 2. The Hall–Kier alpha value is -3.15. The Morgan fingerprint density at radius 3 is 2.75 bits per heavy atom. The number of nitrogens with zero attached hydrogens (tertiary/aromatic N) is 2. The number of esters is 1. The fraction of sp³-hybridized carbons (Fsp3) is 0.167. The number of nitrogens with one attached hydrogen (secondary N) is 1. The Labute approximate surface area is 138 Å². The first kappa shape index (κ1) is 14.4. The number of anilines is 1. The highest BCUT2D eigenvalue weighted by Crippen LogP contribution is 2.37. The SMILES string of the molecule is COC(=O)[C@H]1CN(C(=O)c2n[nH]c3ccccc23)c2ccccc21. The Bertz CT molecular complexity index is 947. The summed E-state index contributed by atoms with van der Waals surface area (Å²) < 4.78 is 4.88. The maximum Gasteiger partial charge on any atom is 0.315 e. The van der Waals surface area contributed by atoms with Gasteiger partial charge in [0.05, 0.1) is 12.6 Å². The molecule has 0 radical (unpaired) electrons. The van der Waals surface area contributed by atoms with Crippen LogP contribution in [-0.4, -0.2) is 35.7 Å². The Kier molecular flexibility index (Phi) is 3.30. The van der Waals surface area contributed by atoms with Crippen LogP contribution in [0.2, 0.25) is 0 Å². The second kappa shape index (κ2) is 5.49. The smallest absolute Gasteiger partial charge is 0.315 e. The summed E-state index contributed by atoms with van der Waals surface area (Å²) in [6.45, 7) is 0.256. The van der Waals surface area contributed by atoms with Crippen LogP contribution in [0.15, 0.2) is 48.5 Å². The molecule has 1 aliphatic heterocycles. The molecule has 2 aromatic carbocycles. The molecule has 1 amide bonds. The molecule has 1 aliphatic rings. The first-order valence-corrected chi connectivity index (χ1v) is 7.62. The van der Waals surface area contributed by atoms with Crippen molar-refractivity contribution in [3.8, 4) is 0 Å². The summed E-state index contributed by atoms with van der Waals surface area (Å²) in [6.07, 6.45) is 0. The maximum absolute atomic E-state index is 13.0. The van der Waals surface area contributed by atoms with E-state index in [9.17, 15) is 9.59 Å². The highest BCUT2D eigenvalue weighted by atomic mass is 16.5. The Balaban J connectivity index is 1.77. The molecule has 1 atom stereocenters. The molecule has 6 heteroatoms. The lowest BCUT2D eigenvalue weighted by molar-refractivity contribution is -0.141. The van der Waals surface area contributed by atoms with Gasteiger partial charge in [-0.05, 0) is 17.7 Å². The minimum atomic E-state index is -0.472. The molecule has 0 spiro atoms. The summed E-state index contributed by atoms with van der Waals surface area (Å²) >= 11 is 0. The number of hydrogen-bond acceptors (Lipinski definition) is 4. The van der Waals surface area contributed by atoms with E-state index in [0.717, 1.165) is 22.2 Å². The van der Waals surface area contributed by atoms with Gasteiger partial charge in [0.25, 0.3) is 5.91 Å². The number of aromatic amines is 1. The zero-order chi connectivity index (χ0) is 16.7. The van der Waals surface area contributed by atoms with Gasteiger partial charge in [-0.3, -0.25) is 14.7 Å². The van der Waals surface area contributed by atoms with Gasteiger partial charge in [-0.25, -0.2) is 0 Å². The molecule has 0 aliphatic carbocycles. The number of amides is 1. The van der Waals surface area contributed by atoms with Crippen molar-refractivity contribution in [2.75, 3.05) is 18.6 Å². The predicted octanol–water partition coefficient (Wildman–Crippen LogP) is 2.48. The predicted molar refractivity (Wildman–Crippen MR) is 89.0 cm³/mol. The van der Waals surface area contributed by atoms with E-state index in [4.69, 9.17) is 4.74 Å². The van der Waals surface area contributed by atoms with Gasteiger partial charge < -0.3 is 9.64 Å². The van der Waals surface area contributed by atoms with Gasteiger partial charge in [0, 0.05) is 17.6 Å². The third-order valence-electron chi connectivity index (χ3n) is 4.37. The molecule has 0 saturated heterocycles. The van der Waals surface area contributed by atoms with Crippen LogP contribution in [0.5, 0.6) is 0 Å². The number of ether oxygens (including phenoxy) is 1. The van der Waals surface area contributed by atoms with Crippen LogP contribution in [0.1, 0.15) is 22.0 Å². The van der Waals surface area contributed by atoms with Crippen molar-refractivity contribution in [2.24, 2.45) is 0 Å². The normalized spacial score (nSPS) is 16.2. The topological polar surface area (TPSA) is 75.3 Å². The number of benzene rings is 2. The fourth-order valence-electron chi connectivity index (χ4n) is 3.20. The third-order valence-corrected chi connectivity index (χ3v) is 4.37. The van der Waals surface area contributed by atoms with E-state index in [-0.39, 0.29) is 18.4 Å². The molecule has 120 valence electrons. The largest absolute Gasteiger partial charge is 0.468 e. The fourth-order valence-corrected chi connectivity index (χ4v) is 3.20. The molecule has 3 aromatic rings. The number of rotatable bonds is 2. The molecule has 1 aromatic heterocycles. The molecule has 2 heterocycles. The summed E-state index contributed by atoms with van der Waals surface area (Å²) in [4.78, 5) is 26.7. The van der Waals surface area contributed by atoms with Gasteiger partial charge in [-0.15, -0.1) is 0 Å². The van der Waals surface area contributed by atoms with Crippen molar-refractivity contribution in [2.45, 2.75) is 5.92 Å². The second-order valence-electron chi connectivity index (χ2n) is 5.67. The Morgan fingerprint density at radius 2 is 1.92 bits per heavy atom. The van der Waals surface area contributed by atoms with Crippen LogP contribution < -0.4 is 4.90 Å². The lowest BCUT2D eigenvalue weighted by atomic mass is 10.0. The number of para-hydroxylation sites is 2. The molecular formula is C18H15N3O3. The van der Waals surface area contributed by atoms with Crippen molar-refractivity contribution in [3.05, 3.63) is 59.8 Å². The van der Waals surface area contributed by atoms with Crippen molar-refractivity contribution >= 4 is 28.5 Å². The van der Waals surface area contributed by atoms with Gasteiger partial charge in [0.1, 0.15) is 5.92 Å². The molecular weight excluding hydrogens is 306 g/mol. The van der Waals surface area contributed by atoms with E-state index in [1.165, 1.54) is 7.11 Å². The summed E-state index contributed by atoms with van der Waals surface area (Å²) in [5, 5.41) is 7.81. The number of carbonyl (C=O) groups excluding carboxylic acids is 2. The van der Waals surface area contributed by atoms with Crippen molar-refractivity contribution in [1.29, 1.82) is 0 Å². The van der Waals surface area contributed by atoms with E-state index >= 15 is 0 Å². The van der Waals surface area contributed by atoms with E-state index in [1.54, 1.807) is 4.90 Å². The number of hydrogen-bond donors (Lipinski definition) is 1. The van der Waals surface area contributed by atoms with Gasteiger partial charge >= 0.3 is 5.97 Å². The van der Waals surface area contributed by atoms with E-state index in [2.05, 4.69) is 10.2 Å². The summed E-state index contributed by atoms with van der Waals surface area (Å²) in [7, 11) is 1.36. The highest BCUT2D eigenvalue weighted by Gasteiger charge is 2.38. The minimum Gasteiger partial charge on any atom is -0.468 e. The van der Waals surface area contributed by atoms with Gasteiger partial charge in [0.15, 0.2) is 5.69 Å². The van der Waals surface area contributed by atoms with Crippen molar-refractivity contribution < 1.29 is 14.3 Å². The molecule has 0 bridgehead atoms. The minimum absolute atomic E-state index is 0.230. The summed E-state index contributed by atoms with van der Waals surface area (Å²) in [6, 6.07) is 14.9. The van der Waals surface area contributed by atoms with Crippen molar-refractivity contribution in [1.82, 2.24) is 10.2 Å². The number of aromatic nitrogens is 2. The van der Waals surface area contributed by atoms with Crippen LogP contribution in [0.3, 0.4) is 0 Å². The summed E-state index contributed by atoms with van der Waals surface area (Å²) in [5.41, 5.74) is 2.69. The highest BCUT2D eigenvalue weighted by molar-refractivity contribution is 6.14. The summed E-state index contributed by atoms with van der Waals surface area (Å²) in [5.74, 6) is -1.05. The van der Waals surface area contributed by atoms with Gasteiger partial charge in [0.2, 0.25) is 0 Å². The number of H-pyrrole nitrogens is 1.